The number of benzene rings is 1. The molecule has 8 heteroatoms. The molecule has 1 fully saturated rings. The summed E-state index contributed by atoms with van der Waals surface area (Å²) in [5.41, 5.74) is 6.26. The second kappa shape index (κ2) is 9.16. The Labute approximate surface area is 158 Å². The highest BCUT2D eigenvalue weighted by Gasteiger charge is 2.35. The predicted molar refractivity (Wildman–Crippen MR) is 99.2 cm³/mol. The lowest BCUT2D eigenvalue weighted by atomic mass is 9.97. The summed E-state index contributed by atoms with van der Waals surface area (Å²) in [5.74, 6) is -2.04. The molecule has 1 aromatic rings. The van der Waals surface area contributed by atoms with E-state index in [4.69, 9.17) is 5.73 Å². The second-order valence-electron chi connectivity index (χ2n) is 6.85. The van der Waals surface area contributed by atoms with Crippen LogP contribution in [0.15, 0.2) is 30.3 Å². The molecule has 0 spiro atoms. The van der Waals surface area contributed by atoms with Crippen LogP contribution in [-0.4, -0.2) is 41.8 Å². The standard InChI is InChI=1S/C19H26N4O4/c1-3-11(2)16(17(20)25)23-15(24)10-14-19(27)21-13(18(26)22-14)9-12-7-5-4-6-8-12/h4-8,11,13-14,16H,3,9-10H2,1-2H3,(H2,20,25)(H,21,27)(H,22,26)(H,23,24)/t11-,13+,14+,16+/m1/s1. The van der Waals surface area contributed by atoms with E-state index in [2.05, 4.69) is 16.0 Å². The van der Waals surface area contributed by atoms with Crippen molar-refractivity contribution in [3.05, 3.63) is 35.9 Å². The third-order valence-corrected chi connectivity index (χ3v) is 4.77. The first kappa shape index (κ1) is 20.4. The highest BCUT2D eigenvalue weighted by Crippen LogP contribution is 2.10. The number of carbonyl (C=O) groups excluding carboxylic acids is 4. The number of carbonyl (C=O) groups is 4. The number of hydrogen-bond donors (Lipinski definition) is 4. The molecule has 0 unspecified atom stereocenters. The van der Waals surface area contributed by atoms with Gasteiger partial charge in [-0.2, -0.15) is 0 Å². The summed E-state index contributed by atoms with van der Waals surface area (Å²) in [6.07, 6.45) is 0.778. The molecule has 1 aliphatic heterocycles. The minimum Gasteiger partial charge on any atom is -0.368 e. The van der Waals surface area contributed by atoms with Crippen LogP contribution >= 0.6 is 0 Å². The van der Waals surface area contributed by atoms with Gasteiger partial charge < -0.3 is 21.7 Å². The van der Waals surface area contributed by atoms with Crippen LogP contribution in [0.3, 0.4) is 0 Å². The molecular weight excluding hydrogens is 348 g/mol. The molecular formula is C19H26N4O4. The van der Waals surface area contributed by atoms with Gasteiger partial charge in [0, 0.05) is 6.42 Å². The lowest BCUT2D eigenvalue weighted by Gasteiger charge is -2.30. The van der Waals surface area contributed by atoms with Gasteiger partial charge in [-0.05, 0) is 11.5 Å². The molecule has 1 saturated heterocycles. The van der Waals surface area contributed by atoms with E-state index in [1.165, 1.54) is 0 Å². The summed E-state index contributed by atoms with van der Waals surface area (Å²) in [4.78, 5) is 48.3. The van der Waals surface area contributed by atoms with E-state index in [0.717, 1.165) is 5.56 Å². The van der Waals surface area contributed by atoms with Crippen molar-refractivity contribution >= 4 is 23.6 Å². The highest BCUT2D eigenvalue weighted by molar-refractivity contribution is 5.99. The molecule has 0 radical (unpaired) electrons. The van der Waals surface area contributed by atoms with Gasteiger partial charge in [-0.25, -0.2) is 0 Å². The third kappa shape index (κ3) is 5.54. The fourth-order valence-electron chi connectivity index (χ4n) is 2.96. The van der Waals surface area contributed by atoms with Gasteiger partial charge in [-0.1, -0.05) is 50.6 Å². The zero-order valence-electron chi connectivity index (χ0n) is 15.5. The maximum absolute atomic E-state index is 12.3. The van der Waals surface area contributed by atoms with Gasteiger partial charge in [-0.15, -0.1) is 0 Å². The molecule has 2 rings (SSSR count). The van der Waals surface area contributed by atoms with Gasteiger partial charge in [0.2, 0.25) is 23.6 Å². The summed E-state index contributed by atoms with van der Waals surface area (Å²) in [5, 5.41) is 7.80. The van der Waals surface area contributed by atoms with Crippen molar-refractivity contribution in [3.8, 4) is 0 Å². The summed E-state index contributed by atoms with van der Waals surface area (Å²) in [6, 6.07) is 6.87. The van der Waals surface area contributed by atoms with Gasteiger partial charge in [-0.3, -0.25) is 19.2 Å². The Bertz CT molecular complexity index is 707. The van der Waals surface area contributed by atoms with Crippen molar-refractivity contribution in [2.24, 2.45) is 11.7 Å². The number of rotatable bonds is 8. The predicted octanol–water partition coefficient (Wildman–Crippen LogP) is -0.381. The fourth-order valence-corrected chi connectivity index (χ4v) is 2.96. The largest absolute Gasteiger partial charge is 0.368 e. The Morgan fingerprint density at radius 3 is 2.30 bits per heavy atom. The van der Waals surface area contributed by atoms with Crippen LogP contribution in [0.4, 0.5) is 0 Å². The summed E-state index contributed by atoms with van der Waals surface area (Å²) in [6.45, 7) is 3.69. The lowest BCUT2D eigenvalue weighted by Crippen LogP contribution is -2.63. The first-order chi connectivity index (χ1) is 12.8. The minimum absolute atomic E-state index is 0.128. The molecule has 4 amide bonds. The molecule has 0 saturated carbocycles. The van der Waals surface area contributed by atoms with Gasteiger partial charge in [0.15, 0.2) is 0 Å². The van der Waals surface area contributed by atoms with Crippen LogP contribution in [0.25, 0.3) is 0 Å². The molecule has 5 N–H and O–H groups in total. The van der Waals surface area contributed by atoms with Gasteiger partial charge in [0.25, 0.3) is 0 Å². The topological polar surface area (TPSA) is 130 Å². The van der Waals surface area contributed by atoms with Crippen LogP contribution in [0.1, 0.15) is 32.3 Å². The molecule has 0 aromatic heterocycles. The van der Waals surface area contributed by atoms with Crippen molar-refractivity contribution in [1.82, 2.24) is 16.0 Å². The van der Waals surface area contributed by atoms with Crippen LogP contribution in [-0.2, 0) is 25.6 Å². The number of piperazine rings is 1. The van der Waals surface area contributed by atoms with Gasteiger partial charge in [0.1, 0.15) is 18.1 Å². The Morgan fingerprint density at radius 2 is 1.70 bits per heavy atom. The van der Waals surface area contributed by atoms with E-state index >= 15 is 0 Å². The summed E-state index contributed by atoms with van der Waals surface area (Å²) < 4.78 is 0. The zero-order chi connectivity index (χ0) is 20.0. The minimum atomic E-state index is -0.977. The van der Waals surface area contributed by atoms with E-state index in [-0.39, 0.29) is 18.2 Å². The normalized spacial score (nSPS) is 21.6. The van der Waals surface area contributed by atoms with E-state index < -0.39 is 35.8 Å². The van der Waals surface area contributed by atoms with Crippen LogP contribution in [0.5, 0.6) is 0 Å². The molecule has 1 aromatic carbocycles. The van der Waals surface area contributed by atoms with Crippen molar-refractivity contribution in [3.63, 3.8) is 0 Å². The Balaban J connectivity index is 1.93. The smallest absolute Gasteiger partial charge is 0.243 e. The Hall–Kier alpha value is -2.90. The first-order valence-electron chi connectivity index (χ1n) is 9.05. The number of primary amides is 1. The molecule has 0 bridgehead atoms. The SMILES string of the molecule is CC[C@@H](C)[C@H](NC(=O)C[C@@H]1NC(=O)[C@H](Cc2ccccc2)NC1=O)C(N)=O. The van der Waals surface area contributed by atoms with Crippen LogP contribution in [0.2, 0.25) is 0 Å². The van der Waals surface area contributed by atoms with Gasteiger partial charge in [0.05, 0.1) is 6.42 Å². The lowest BCUT2D eigenvalue weighted by molar-refractivity contribution is -0.138. The number of nitrogens with two attached hydrogens (primary N) is 1. The molecule has 8 nitrogen and oxygen atoms in total. The van der Waals surface area contributed by atoms with Crippen molar-refractivity contribution in [1.29, 1.82) is 0 Å². The molecule has 27 heavy (non-hydrogen) atoms. The molecule has 1 heterocycles. The van der Waals surface area contributed by atoms with E-state index in [0.29, 0.717) is 12.8 Å². The molecule has 4 atom stereocenters. The van der Waals surface area contributed by atoms with Crippen molar-refractivity contribution in [2.45, 2.75) is 51.2 Å². The average molecular weight is 374 g/mol. The van der Waals surface area contributed by atoms with Crippen LogP contribution in [0, 0.1) is 5.92 Å². The number of amides is 4. The monoisotopic (exact) mass is 374 g/mol. The molecule has 146 valence electrons. The Morgan fingerprint density at radius 1 is 1.11 bits per heavy atom. The maximum Gasteiger partial charge on any atom is 0.243 e. The zero-order valence-corrected chi connectivity index (χ0v) is 15.5. The fraction of sp³-hybridized carbons (Fsp3) is 0.474. The summed E-state index contributed by atoms with van der Waals surface area (Å²) >= 11 is 0. The number of hydrogen-bond acceptors (Lipinski definition) is 4. The molecule has 1 aliphatic rings. The first-order valence-corrected chi connectivity index (χ1v) is 9.05. The van der Waals surface area contributed by atoms with Crippen LogP contribution < -0.4 is 21.7 Å². The van der Waals surface area contributed by atoms with Crippen molar-refractivity contribution in [2.75, 3.05) is 0 Å². The van der Waals surface area contributed by atoms with Crippen molar-refractivity contribution < 1.29 is 19.2 Å². The van der Waals surface area contributed by atoms with E-state index in [9.17, 15) is 19.2 Å². The third-order valence-electron chi connectivity index (χ3n) is 4.77. The highest BCUT2D eigenvalue weighted by atomic mass is 16.2. The average Bonchev–Trinajstić information content (AvgIpc) is 2.63. The van der Waals surface area contributed by atoms with Gasteiger partial charge >= 0.3 is 0 Å². The molecule has 0 aliphatic carbocycles. The summed E-state index contributed by atoms with van der Waals surface area (Å²) in [7, 11) is 0. The quantitative estimate of drug-likeness (QED) is 0.494. The second-order valence-corrected chi connectivity index (χ2v) is 6.85. The Kier molecular flexibility index (Phi) is 6.92. The maximum atomic E-state index is 12.3. The number of nitrogens with one attached hydrogen (secondary N) is 3. The van der Waals surface area contributed by atoms with E-state index in [1.54, 1.807) is 6.92 Å². The van der Waals surface area contributed by atoms with E-state index in [1.807, 2.05) is 37.3 Å².